The Bertz CT molecular complexity index is 204. The van der Waals surface area contributed by atoms with Gasteiger partial charge in [-0.3, -0.25) is 0 Å². The van der Waals surface area contributed by atoms with Crippen molar-refractivity contribution in [2.75, 3.05) is 0 Å². The Labute approximate surface area is 78.3 Å². The fourth-order valence-corrected chi connectivity index (χ4v) is 0.884. The van der Waals surface area contributed by atoms with Crippen LogP contribution in [-0.4, -0.2) is 0 Å². The first-order valence-corrected chi connectivity index (χ1v) is 3.66. The van der Waals surface area contributed by atoms with Gasteiger partial charge in [-0.2, -0.15) is 0 Å². The van der Waals surface area contributed by atoms with Gasteiger partial charge in [-0.15, -0.1) is 12.4 Å². The number of rotatable bonds is 2. The predicted molar refractivity (Wildman–Crippen MR) is 52.4 cm³/mol. The van der Waals surface area contributed by atoms with Crippen molar-refractivity contribution in [2.24, 2.45) is 0 Å². The van der Waals surface area contributed by atoms with E-state index in [1.165, 1.54) is 5.56 Å². The maximum Gasteiger partial charge on any atom is 0.000580 e. The van der Waals surface area contributed by atoms with Crippen LogP contribution in [0.25, 0.3) is 0 Å². The second-order valence-electron chi connectivity index (χ2n) is 2.05. The van der Waals surface area contributed by atoms with Crippen LogP contribution in [0.1, 0.15) is 5.56 Å². The molecule has 0 aliphatic rings. The molecule has 0 unspecified atom stereocenters. The molecule has 1 rings (SSSR count). The molecule has 0 heterocycles. The van der Waals surface area contributed by atoms with Gasteiger partial charge in [0.2, 0.25) is 0 Å². The molecule has 1 aromatic carbocycles. The summed E-state index contributed by atoms with van der Waals surface area (Å²) in [4.78, 5) is 0. The van der Waals surface area contributed by atoms with Crippen molar-refractivity contribution in [1.82, 2.24) is 0 Å². The van der Waals surface area contributed by atoms with Crippen LogP contribution in [-0.2, 0) is 6.42 Å². The first-order chi connectivity index (χ1) is 4.93. The molecule has 0 amide bonds. The van der Waals surface area contributed by atoms with Gasteiger partial charge in [0.15, 0.2) is 0 Å². The van der Waals surface area contributed by atoms with Gasteiger partial charge in [0, 0.05) is 5.54 Å². The van der Waals surface area contributed by atoms with Gasteiger partial charge in [0.1, 0.15) is 0 Å². The van der Waals surface area contributed by atoms with Crippen molar-refractivity contribution in [3.8, 4) is 0 Å². The van der Waals surface area contributed by atoms with Crippen molar-refractivity contribution < 1.29 is 0 Å². The van der Waals surface area contributed by atoms with Crippen LogP contribution in [0.3, 0.4) is 0 Å². The van der Waals surface area contributed by atoms with E-state index in [9.17, 15) is 0 Å². The summed E-state index contributed by atoms with van der Waals surface area (Å²) in [5.74, 6) is 0. The minimum Gasteiger partial charge on any atom is -0.147 e. The zero-order valence-electron chi connectivity index (χ0n) is 6.03. The van der Waals surface area contributed by atoms with E-state index in [0.29, 0.717) is 0 Å². The molecule has 0 aromatic heterocycles. The van der Waals surface area contributed by atoms with E-state index in [0.717, 1.165) is 6.42 Å². The van der Waals surface area contributed by atoms with Crippen molar-refractivity contribution >= 4 is 24.0 Å². The van der Waals surface area contributed by atoms with E-state index in [1.54, 1.807) is 5.54 Å². The van der Waals surface area contributed by atoms with E-state index in [-0.39, 0.29) is 12.4 Å². The fraction of sp³-hybridized carbons (Fsp3) is 0.111. The molecule has 2 heteroatoms. The lowest BCUT2D eigenvalue weighted by atomic mass is 10.2. The predicted octanol–water partition coefficient (Wildman–Crippen LogP) is 3.40. The number of hydrogen-bond donors (Lipinski definition) is 0. The van der Waals surface area contributed by atoms with Crippen LogP contribution in [0.5, 0.6) is 0 Å². The first-order valence-electron chi connectivity index (χ1n) is 3.22. The molecule has 1 aromatic rings. The third-order valence-electron chi connectivity index (χ3n) is 1.29. The highest BCUT2D eigenvalue weighted by atomic mass is 35.5. The van der Waals surface area contributed by atoms with Crippen LogP contribution in [0.15, 0.2) is 41.9 Å². The molecule has 0 bridgehead atoms. The first kappa shape index (κ1) is 10.5. The Hall–Kier alpha value is -0.460. The van der Waals surface area contributed by atoms with Crippen LogP contribution >= 0.6 is 24.0 Å². The van der Waals surface area contributed by atoms with Gasteiger partial charge < -0.3 is 0 Å². The lowest BCUT2D eigenvalue weighted by Gasteiger charge is -1.91. The Balaban J connectivity index is 0.000001000. The van der Waals surface area contributed by atoms with Crippen LogP contribution in [0.4, 0.5) is 0 Å². The van der Waals surface area contributed by atoms with Crippen LogP contribution in [0.2, 0.25) is 0 Å². The number of halogens is 2. The van der Waals surface area contributed by atoms with Crippen LogP contribution < -0.4 is 0 Å². The summed E-state index contributed by atoms with van der Waals surface area (Å²) in [7, 11) is 0. The molecule has 0 N–H and O–H groups in total. The maximum absolute atomic E-state index is 5.37. The molecule has 0 nitrogen and oxygen atoms in total. The molecule has 60 valence electrons. The Morgan fingerprint density at radius 1 is 1.18 bits per heavy atom. The van der Waals surface area contributed by atoms with E-state index in [2.05, 4.69) is 12.1 Å². The Morgan fingerprint density at radius 3 is 2.36 bits per heavy atom. The van der Waals surface area contributed by atoms with E-state index in [1.807, 2.05) is 24.3 Å². The molecule has 0 radical (unpaired) electrons. The lowest BCUT2D eigenvalue weighted by Crippen LogP contribution is -1.76. The highest BCUT2D eigenvalue weighted by molar-refractivity contribution is 6.25. The molecule has 0 fully saturated rings. The van der Waals surface area contributed by atoms with Gasteiger partial charge in [-0.25, -0.2) is 0 Å². The molecule has 11 heavy (non-hydrogen) atoms. The highest BCUT2D eigenvalue weighted by Crippen LogP contribution is 1.99. The largest absolute Gasteiger partial charge is 0.147 e. The highest BCUT2D eigenvalue weighted by Gasteiger charge is 1.83. The number of benzene rings is 1. The average Bonchev–Trinajstić information content (AvgIpc) is 2.03. The zero-order valence-corrected chi connectivity index (χ0v) is 7.61. The third kappa shape index (κ3) is 4.07. The van der Waals surface area contributed by atoms with Crippen molar-refractivity contribution in [1.29, 1.82) is 0 Å². The normalized spacial score (nSPS) is 9.55. The summed E-state index contributed by atoms with van der Waals surface area (Å²) in [6.07, 6.45) is 2.85. The molecule has 0 atom stereocenters. The second kappa shape index (κ2) is 6.26. The smallest absolute Gasteiger partial charge is 0.000580 e. The topological polar surface area (TPSA) is 0 Å². The average molecular weight is 189 g/mol. The third-order valence-corrected chi connectivity index (χ3v) is 1.46. The fourth-order valence-electron chi connectivity index (χ4n) is 0.795. The Morgan fingerprint density at radius 2 is 1.82 bits per heavy atom. The second-order valence-corrected chi connectivity index (χ2v) is 2.30. The van der Waals surface area contributed by atoms with Crippen molar-refractivity contribution in [2.45, 2.75) is 6.42 Å². The van der Waals surface area contributed by atoms with Gasteiger partial charge in [0.05, 0.1) is 0 Å². The molecule has 0 saturated heterocycles. The summed E-state index contributed by atoms with van der Waals surface area (Å²) in [5, 5.41) is 0. The molecule has 0 aliphatic carbocycles. The van der Waals surface area contributed by atoms with E-state index in [4.69, 9.17) is 11.6 Å². The summed E-state index contributed by atoms with van der Waals surface area (Å²) in [6.45, 7) is 0. The minimum atomic E-state index is 0. The molecule has 0 aliphatic heterocycles. The summed E-state index contributed by atoms with van der Waals surface area (Å²) in [6, 6.07) is 10.2. The summed E-state index contributed by atoms with van der Waals surface area (Å²) >= 11 is 5.37. The van der Waals surface area contributed by atoms with Gasteiger partial charge >= 0.3 is 0 Å². The summed E-state index contributed by atoms with van der Waals surface area (Å²) in [5.41, 5.74) is 2.84. The van der Waals surface area contributed by atoms with Crippen molar-refractivity contribution in [3.05, 3.63) is 47.5 Å². The summed E-state index contributed by atoms with van der Waals surface area (Å²) < 4.78 is 0. The SMILES string of the molecule is Cl.ClC=CCc1ccccc1. The number of allylic oxidation sites excluding steroid dienone is 1. The quantitative estimate of drug-likeness (QED) is 0.668. The van der Waals surface area contributed by atoms with Gasteiger partial charge in [-0.1, -0.05) is 48.0 Å². The van der Waals surface area contributed by atoms with Gasteiger partial charge in [-0.05, 0) is 12.0 Å². The Kier molecular flexibility index (Phi) is 6.00. The van der Waals surface area contributed by atoms with E-state index < -0.39 is 0 Å². The van der Waals surface area contributed by atoms with Crippen LogP contribution in [0, 0.1) is 0 Å². The van der Waals surface area contributed by atoms with Crippen molar-refractivity contribution in [3.63, 3.8) is 0 Å². The van der Waals surface area contributed by atoms with E-state index >= 15 is 0 Å². The minimum absolute atomic E-state index is 0. The number of hydrogen-bond acceptors (Lipinski definition) is 0. The zero-order chi connectivity index (χ0) is 7.23. The maximum atomic E-state index is 5.37. The molecular formula is C9H10Cl2. The van der Waals surface area contributed by atoms with Gasteiger partial charge in [0.25, 0.3) is 0 Å². The standard InChI is InChI=1S/C9H9Cl.ClH/c10-8-4-7-9-5-2-1-3-6-9;/h1-6,8H,7H2;1H. The lowest BCUT2D eigenvalue weighted by molar-refractivity contribution is 1.28. The molecular weight excluding hydrogens is 179 g/mol. The monoisotopic (exact) mass is 188 g/mol. The molecule has 0 saturated carbocycles. The molecule has 0 spiro atoms.